The van der Waals surface area contributed by atoms with Crippen LogP contribution in [0.4, 0.5) is 5.13 Å². The third kappa shape index (κ3) is 2.35. The number of nitrogens with one attached hydrogen (secondary N) is 1. The van der Waals surface area contributed by atoms with Crippen LogP contribution in [-0.4, -0.2) is 22.0 Å². The molecule has 0 aliphatic carbocycles. The lowest BCUT2D eigenvalue weighted by atomic mass is 10.1. The molecule has 1 aliphatic heterocycles. The summed E-state index contributed by atoms with van der Waals surface area (Å²) in [5.74, 6) is -1.31. The molecule has 0 saturated heterocycles. The summed E-state index contributed by atoms with van der Waals surface area (Å²) in [7, 11) is 0. The summed E-state index contributed by atoms with van der Waals surface area (Å²) in [6.07, 6.45) is -0.707. The van der Waals surface area contributed by atoms with E-state index in [1.54, 1.807) is 17.5 Å². The molecule has 6 nitrogen and oxygen atoms in total. The second-order valence-corrected chi connectivity index (χ2v) is 5.09. The van der Waals surface area contributed by atoms with Gasteiger partial charge in [-0.3, -0.25) is 4.79 Å². The smallest absolute Gasteiger partial charge is 0.340 e. The van der Waals surface area contributed by atoms with Crippen molar-refractivity contribution in [3.05, 3.63) is 46.5 Å². The van der Waals surface area contributed by atoms with Gasteiger partial charge >= 0.3 is 11.9 Å². The maximum atomic E-state index is 11.7. The molecule has 1 unspecified atom stereocenters. The van der Waals surface area contributed by atoms with E-state index in [9.17, 15) is 9.59 Å². The van der Waals surface area contributed by atoms with Gasteiger partial charge in [0.25, 0.3) is 0 Å². The van der Waals surface area contributed by atoms with Gasteiger partial charge in [0.05, 0.1) is 17.7 Å². The van der Waals surface area contributed by atoms with Crippen molar-refractivity contribution in [2.45, 2.75) is 12.6 Å². The van der Waals surface area contributed by atoms with Crippen LogP contribution in [0, 0.1) is 0 Å². The minimum atomic E-state index is -0.931. The molecule has 2 heterocycles. The Hall–Kier alpha value is -2.41. The van der Waals surface area contributed by atoms with Gasteiger partial charge in [0, 0.05) is 10.9 Å². The van der Waals surface area contributed by atoms with Crippen LogP contribution in [0.5, 0.6) is 0 Å². The molecule has 0 saturated carbocycles. The first-order valence-electron chi connectivity index (χ1n) is 5.86. The number of aliphatic carboxylic acids is 1. The fourth-order valence-corrected chi connectivity index (χ4v) is 2.70. The maximum absolute atomic E-state index is 11.7. The number of cyclic esters (lactones) is 1. The van der Waals surface area contributed by atoms with Crippen LogP contribution in [0.15, 0.2) is 29.6 Å². The number of benzene rings is 1. The minimum Gasteiger partial charge on any atom is -0.481 e. The van der Waals surface area contributed by atoms with Gasteiger partial charge in [-0.15, -0.1) is 11.3 Å². The topological polar surface area (TPSA) is 88.5 Å². The largest absolute Gasteiger partial charge is 0.481 e. The van der Waals surface area contributed by atoms with E-state index in [0.717, 1.165) is 5.56 Å². The number of rotatable bonds is 4. The van der Waals surface area contributed by atoms with E-state index in [1.807, 2.05) is 12.1 Å². The van der Waals surface area contributed by atoms with Gasteiger partial charge in [0.2, 0.25) is 6.23 Å². The number of carboxylic acids is 1. The van der Waals surface area contributed by atoms with Gasteiger partial charge in [-0.2, -0.15) is 0 Å². The summed E-state index contributed by atoms with van der Waals surface area (Å²) >= 11 is 1.28. The molecule has 0 radical (unpaired) electrons. The predicted octanol–water partition coefficient (Wildman–Crippen LogP) is 2.05. The second kappa shape index (κ2) is 4.93. The number of fused-ring (bicyclic) bond motifs is 1. The summed E-state index contributed by atoms with van der Waals surface area (Å²) in [4.78, 5) is 26.4. The fraction of sp³-hybridized carbons (Fsp3) is 0.154. The third-order valence-electron chi connectivity index (χ3n) is 2.83. The lowest BCUT2D eigenvalue weighted by Crippen LogP contribution is -2.10. The van der Waals surface area contributed by atoms with E-state index in [0.29, 0.717) is 16.4 Å². The number of hydrogen-bond donors (Lipinski definition) is 2. The Labute approximate surface area is 118 Å². The van der Waals surface area contributed by atoms with E-state index in [-0.39, 0.29) is 12.4 Å². The van der Waals surface area contributed by atoms with E-state index < -0.39 is 12.2 Å². The lowest BCUT2D eigenvalue weighted by Gasteiger charge is -2.11. The molecule has 0 spiro atoms. The average Bonchev–Trinajstić information content (AvgIpc) is 2.96. The van der Waals surface area contributed by atoms with Gasteiger partial charge < -0.3 is 15.2 Å². The van der Waals surface area contributed by atoms with Gasteiger partial charge in [-0.1, -0.05) is 18.2 Å². The van der Waals surface area contributed by atoms with Crippen LogP contribution in [0.3, 0.4) is 0 Å². The SMILES string of the molecule is O=C(O)Cc1csc(NC2OC(=O)c3ccccc32)n1. The molecule has 1 aromatic heterocycles. The summed E-state index contributed by atoms with van der Waals surface area (Å²) in [5, 5.41) is 13.9. The zero-order chi connectivity index (χ0) is 14.1. The van der Waals surface area contributed by atoms with E-state index >= 15 is 0 Å². The van der Waals surface area contributed by atoms with Crippen LogP contribution >= 0.6 is 11.3 Å². The van der Waals surface area contributed by atoms with Crippen LogP contribution in [-0.2, 0) is 16.0 Å². The second-order valence-electron chi connectivity index (χ2n) is 4.23. The monoisotopic (exact) mass is 290 g/mol. The van der Waals surface area contributed by atoms with E-state index in [1.165, 1.54) is 11.3 Å². The standard InChI is InChI=1S/C13H10N2O4S/c16-10(17)5-7-6-20-13(14-7)15-11-8-3-1-2-4-9(8)12(18)19-11/h1-4,6,11H,5H2,(H,14,15)(H,16,17). The highest BCUT2D eigenvalue weighted by atomic mass is 32.1. The predicted molar refractivity (Wildman–Crippen MR) is 71.7 cm³/mol. The molecule has 2 N–H and O–H groups in total. The Morgan fingerprint density at radius 2 is 2.25 bits per heavy atom. The van der Waals surface area contributed by atoms with Crippen molar-refractivity contribution < 1.29 is 19.4 Å². The van der Waals surface area contributed by atoms with Crippen molar-refractivity contribution in [3.8, 4) is 0 Å². The fourth-order valence-electron chi connectivity index (χ4n) is 1.97. The van der Waals surface area contributed by atoms with Crippen molar-refractivity contribution >= 4 is 28.4 Å². The van der Waals surface area contributed by atoms with Crippen molar-refractivity contribution in [3.63, 3.8) is 0 Å². The number of carboxylic acid groups (broad SMARTS) is 1. The molecule has 1 aliphatic rings. The number of ether oxygens (including phenoxy) is 1. The average molecular weight is 290 g/mol. The number of carbonyl (C=O) groups is 2. The van der Waals surface area contributed by atoms with Gasteiger partial charge in [0.1, 0.15) is 0 Å². The van der Waals surface area contributed by atoms with Gasteiger partial charge in [-0.05, 0) is 6.07 Å². The van der Waals surface area contributed by atoms with Crippen molar-refractivity contribution in [1.29, 1.82) is 0 Å². The first kappa shape index (κ1) is 12.6. The quantitative estimate of drug-likeness (QED) is 0.838. The number of nitrogens with zero attached hydrogens (tertiary/aromatic N) is 1. The Bertz CT molecular complexity index is 683. The molecule has 1 aromatic carbocycles. The molecule has 7 heteroatoms. The Morgan fingerprint density at radius 1 is 1.45 bits per heavy atom. The first-order chi connectivity index (χ1) is 9.63. The van der Waals surface area contributed by atoms with E-state index in [4.69, 9.17) is 9.84 Å². The summed E-state index contributed by atoms with van der Waals surface area (Å²) in [6, 6.07) is 7.12. The molecule has 2 aromatic rings. The van der Waals surface area contributed by atoms with Crippen LogP contribution in [0.2, 0.25) is 0 Å². The molecule has 20 heavy (non-hydrogen) atoms. The van der Waals surface area contributed by atoms with Gasteiger partial charge in [-0.25, -0.2) is 9.78 Å². The molecule has 3 rings (SSSR count). The molecule has 0 bridgehead atoms. The number of carbonyl (C=O) groups excluding carboxylic acids is 1. The zero-order valence-corrected chi connectivity index (χ0v) is 11.0. The van der Waals surface area contributed by atoms with Crippen molar-refractivity contribution in [2.75, 3.05) is 5.32 Å². The molecule has 0 amide bonds. The highest BCUT2D eigenvalue weighted by molar-refractivity contribution is 7.13. The van der Waals surface area contributed by atoms with Crippen molar-refractivity contribution in [2.24, 2.45) is 0 Å². The van der Waals surface area contributed by atoms with Gasteiger partial charge in [0.15, 0.2) is 5.13 Å². The maximum Gasteiger partial charge on any atom is 0.340 e. The van der Waals surface area contributed by atoms with Crippen LogP contribution in [0.1, 0.15) is 27.8 Å². The Morgan fingerprint density at radius 3 is 3.05 bits per heavy atom. The molecule has 102 valence electrons. The summed E-state index contributed by atoms with van der Waals surface area (Å²) in [5.41, 5.74) is 1.77. The number of aromatic nitrogens is 1. The van der Waals surface area contributed by atoms with E-state index in [2.05, 4.69) is 10.3 Å². The molecule has 1 atom stereocenters. The zero-order valence-electron chi connectivity index (χ0n) is 10.2. The molecule has 0 fully saturated rings. The third-order valence-corrected chi connectivity index (χ3v) is 3.65. The van der Waals surface area contributed by atoms with Crippen molar-refractivity contribution in [1.82, 2.24) is 4.98 Å². The van der Waals surface area contributed by atoms with Crippen LogP contribution < -0.4 is 5.32 Å². The minimum absolute atomic E-state index is 0.126. The number of anilines is 1. The normalized spacial score (nSPS) is 16.6. The summed E-state index contributed by atoms with van der Waals surface area (Å²) in [6.45, 7) is 0. The Balaban J connectivity index is 1.78. The number of thiazole rings is 1. The lowest BCUT2D eigenvalue weighted by molar-refractivity contribution is -0.136. The summed E-state index contributed by atoms with van der Waals surface area (Å²) < 4.78 is 5.23. The number of hydrogen-bond acceptors (Lipinski definition) is 6. The molecular weight excluding hydrogens is 280 g/mol. The first-order valence-corrected chi connectivity index (χ1v) is 6.74. The Kier molecular flexibility index (Phi) is 3.11. The highest BCUT2D eigenvalue weighted by Crippen LogP contribution is 2.32. The van der Waals surface area contributed by atoms with Crippen LogP contribution in [0.25, 0.3) is 0 Å². The highest BCUT2D eigenvalue weighted by Gasteiger charge is 2.30. The number of esters is 1. The molecular formula is C13H10N2O4S.